The molecule has 114 valence electrons. The number of nitrogens with zero attached hydrogens (tertiary/aromatic N) is 4. The summed E-state index contributed by atoms with van der Waals surface area (Å²) < 4.78 is 2.19. The fraction of sp³-hybridized carbons (Fsp3) is 0.333. The molecular formula is C18H22N4. The van der Waals surface area contributed by atoms with Gasteiger partial charge in [-0.15, -0.1) is 0 Å². The third kappa shape index (κ3) is 2.96. The van der Waals surface area contributed by atoms with Crippen molar-refractivity contribution in [2.75, 3.05) is 18.5 Å². The van der Waals surface area contributed by atoms with Crippen LogP contribution in [-0.4, -0.2) is 28.1 Å². The van der Waals surface area contributed by atoms with E-state index in [4.69, 9.17) is 4.98 Å². The zero-order valence-corrected chi connectivity index (χ0v) is 13.5. The van der Waals surface area contributed by atoms with Gasteiger partial charge >= 0.3 is 0 Å². The van der Waals surface area contributed by atoms with Crippen molar-refractivity contribution >= 4 is 16.7 Å². The molecule has 0 N–H and O–H groups in total. The highest BCUT2D eigenvalue weighted by Gasteiger charge is 2.08. The quantitative estimate of drug-likeness (QED) is 0.721. The van der Waals surface area contributed by atoms with Crippen molar-refractivity contribution in [3.63, 3.8) is 0 Å². The van der Waals surface area contributed by atoms with Crippen molar-refractivity contribution in [1.82, 2.24) is 14.5 Å². The van der Waals surface area contributed by atoms with Gasteiger partial charge in [0.1, 0.15) is 11.6 Å². The molecule has 4 nitrogen and oxygen atoms in total. The molecule has 0 fully saturated rings. The Kier molecular flexibility index (Phi) is 4.09. The average molecular weight is 294 g/mol. The third-order valence-corrected chi connectivity index (χ3v) is 4.07. The Balaban J connectivity index is 1.70. The topological polar surface area (TPSA) is 34.0 Å². The first-order valence-electron chi connectivity index (χ1n) is 7.70. The first-order valence-corrected chi connectivity index (χ1v) is 7.70. The van der Waals surface area contributed by atoms with Gasteiger partial charge in [-0.25, -0.2) is 9.97 Å². The molecule has 0 unspecified atom stereocenters. The lowest BCUT2D eigenvalue weighted by atomic mass is 10.1. The zero-order chi connectivity index (χ0) is 15.5. The lowest BCUT2D eigenvalue weighted by Gasteiger charge is -2.21. The van der Waals surface area contributed by atoms with Crippen LogP contribution in [0.1, 0.15) is 17.8 Å². The summed E-state index contributed by atoms with van der Waals surface area (Å²) in [6, 6.07) is 10.5. The van der Waals surface area contributed by atoms with E-state index in [0.717, 1.165) is 36.7 Å². The summed E-state index contributed by atoms with van der Waals surface area (Å²) >= 11 is 0. The molecule has 0 amide bonds. The number of pyridine rings is 1. The summed E-state index contributed by atoms with van der Waals surface area (Å²) in [6.07, 6.45) is 4.96. The Bertz CT molecular complexity index is 776. The van der Waals surface area contributed by atoms with Crippen LogP contribution in [0.4, 0.5) is 5.82 Å². The summed E-state index contributed by atoms with van der Waals surface area (Å²) in [6.45, 7) is 6.14. The Labute approximate surface area is 131 Å². The van der Waals surface area contributed by atoms with Crippen molar-refractivity contribution in [1.29, 1.82) is 0 Å². The van der Waals surface area contributed by atoms with E-state index in [0.29, 0.717) is 0 Å². The maximum absolute atomic E-state index is 4.81. The number of anilines is 1. The van der Waals surface area contributed by atoms with Crippen LogP contribution in [0.5, 0.6) is 0 Å². The van der Waals surface area contributed by atoms with Gasteiger partial charge in [0.15, 0.2) is 0 Å². The lowest BCUT2D eigenvalue weighted by molar-refractivity contribution is 0.621. The van der Waals surface area contributed by atoms with E-state index >= 15 is 0 Å². The minimum atomic E-state index is 0.976. The van der Waals surface area contributed by atoms with Crippen molar-refractivity contribution in [3.05, 3.63) is 54.1 Å². The van der Waals surface area contributed by atoms with E-state index in [2.05, 4.69) is 52.7 Å². The van der Waals surface area contributed by atoms with Gasteiger partial charge in [0.2, 0.25) is 0 Å². The number of aromatic nitrogens is 3. The third-order valence-electron chi connectivity index (χ3n) is 4.07. The van der Waals surface area contributed by atoms with Crippen LogP contribution < -0.4 is 4.90 Å². The van der Waals surface area contributed by atoms with E-state index in [-0.39, 0.29) is 0 Å². The van der Waals surface area contributed by atoms with Crippen LogP contribution in [0.15, 0.2) is 42.7 Å². The number of hydrogen-bond acceptors (Lipinski definition) is 3. The number of imidazole rings is 1. The summed E-state index contributed by atoms with van der Waals surface area (Å²) in [5, 5.41) is 1.20. The molecular weight excluding hydrogens is 272 g/mol. The fourth-order valence-corrected chi connectivity index (χ4v) is 2.82. The van der Waals surface area contributed by atoms with E-state index in [1.165, 1.54) is 10.9 Å². The molecule has 0 spiro atoms. The molecule has 0 bridgehead atoms. The molecule has 0 saturated carbocycles. The second kappa shape index (κ2) is 6.18. The molecule has 22 heavy (non-hydrogen) atoms. The molecule has 2 aromatic heterocycles. The second-order valence-electron chi connectivity index (χ2n) is 5.76. The number of fused-ring (bicyclic) bond motifs is 1. The summed E-state index contributed by atoms with van der Waals surface area (Å²) in [5.74, 6) is 2.14. The number of rotatable bonds is 5. The van der Waals surface area contributed by atoms with Crippen molar-refractivity contribution in [2.24, 2.45) is 0 Å². The molecule has 3 aromatic rings. The van der Waals surface area contributed by atoms with Crippen molar-refractivity contribution in [3.8, 4) is 0 Å². The largest absolute Gasteiger partial charge is 0.359 e. The van der Waals surface area contributed by atoms with E-state index in [1.807, 2.05) is 25.4 Å². The van der Waals surface area contributed by atoms with Crippen LogP contribution in [0.3, 0.4) is 0 Å². The van der Waals surface area contributed by atoms with E-state index in [9.17, 15) is 0 Å². The van der Waals surface area contributed by atoms with Gasteiger partial charge in [0.25, 0.3) is 0 Å². The monoisotopic (exact) mass is 294 g/mol. The molecule has 0 aliphatic carbocycles. The molecule has 4 heteroatoms. The highest BCUT2D eigenvalue weighted by Crippen LogP contribution is 2.22. The maximum atomic E-state index is 4.81. The van der Waals surface area contributed by atoms with Crippen LogP contribution in [0.2, 0.25) is 0 Å². The van der Waals surface area contributed by atoms with Crippen molar-refractivity contribution in [2.45, 2.75) is 26.8 Å². The van der Waals surface area contributed by atoms with Crippen LogP contribution >= 0.6 is 0 Å². The molecule has 0 atom stereocenters. The standard InChI is InChI=1S/C18H22N4/c1-14-13-16-7-4-5-8-17(16)20-18(14)21(3)10-6-11-22-12-9-19-15(22)2/h4-5,7-9,12-13H,6,10-11H2,1-3H3. The fourth-order valence-electron chi connectivity index (χ4n) is 2.82. The van der Waals surface area contributed by atoms with Gasteiger partial charge in [-0.05, 0) is 38.0 Å². The first kappa shape index (κ1) is 14.6. The molecule has 0 aliphatic rings. The van der Waals surface area contributed by atoms with Gasteiger partial charge < -0.3 is 9.47 Å². The number of hydrogen-bond donors (Lipinski definition) is 0. The predicted molar refractivity (Wildman–Crippen MR) is 91.3 cm³/mol. The molecule has 2 heterocycles. The summed E-state index contributed by atoms with van der Waals surface area (Å²) in [5.41, 5.74) is 2.28. The van der Waals surface area contributed by atoms with Crippen molar-refractivity contribution < 1.29 is 0 Å². The van der Waals surface area contributed by atoms with Gasteiger partial charge in [-0.1, -0.05) is 18.2 Å². The second-order valence-corrected chi connectivity index (χ2v) is 5.76. The van der Waals surface area contributed by atoms with E-state index < -0.39 is 0 Å². The van der Waals surface area contributed by atoms with Gasteiger partial charge in [-0.3, -0.25) is 0 Å². The maximum Gasteiger partial charge on any atom is 0.131 e. The smallest absolute Gasteiger partial charge is 0.131 e. The Morgan fingerprint density at radius 2 is 2.00 bits per heavy atom. The number of aryl methyl sites for hydroxylation is 3. The molecule has 0 saturated heterocycles. The van der Waals surface area contributed by atoms with Gasteiger partial charge in [0.05, 0.1) is 5.52 Å². The lowest BCUT2D eigenvalue weighted by Crippen LogP contribution is -2.22. The van der Waals surface area contributed by atoms with Gasteiger partial charge in [0, 0.05) is 37.9 Å². The molecule has 0 radical (unpaired) electrons. The molecule has 1 aromatic carbocycles. The minimum Gasteiger partial charge on any atom is -0.359 e. The average Bonchev–Trinajstić information content (AvgIpc) is 2.92. The Morgan fingerprint density at radius 1 is 1.18 bits per heavy atom. The van der Waals surface area contributed by atoms with Crippen LogP contribution in [0.25, 0.3) is 10.9 Å². The minimum absolute atomic E-state index is 0.976. The SMILES string of the molecule is Cc1cc2ccccc2nc1N(C)CCCn1ccnc1C. The molecule has 0 aliphatic heterocycles. The Hall–Kier alpha value is -2.36. The first-order chi connectivity index (χ1) is 10.6. The van der Waals surface area contributed by atoms with E-state index in [1.54, 1.807) is 0 Å². The normalized spacial score (nSPS) is 11.0. The number of benzene rings is 1. The zero-order valence-electron chi connectivity index (χ0n) is 13.5. The summed E-state index contributed by atoms with van der Waals surface area (Å²) in [7, 11) is 2.12. The van der Waals surface area contributed by atoms with Crippen LogP contribution in [0, 0.1) is 13.8 Å². The van der Waals surface area contributed by atoms with Gasteiger partial charge in [-0.2, -0.15) is 0 Å². The highest BCUT2D eigenvalue weighted by atomic mass is 15.2. The highest BCUT2D eigenvalue weighted by molar-refractivity contribution is 5.81. The number of para-hydroxylation sites is 1. The summed E-state index contributed by atoms with van der Waals surface area (Å²) in [4.78, 5) is 11.3. The van der Waals surface area contributed by atoms with Crippen LogP contribution in [-0.2, 0) is 6.54 Å². The predicted octanol–water partition coefficient (Wildman–Crippen LogP) is 3.57. The Morgan fingerprint density at radius 3 is 2.77 bits per heavy atom. The molecule has 3 rings (SSSR count).